The summed E-state index contributed by atoms with van der Waals surface area (Å²) in [4.78, 5) is 9.76. The largest absolute Gasteiger partial charge is 0.289 e. The Hall–Kier alpha value is -0.690. The van der Waals surface area contributed by atoms with E-state index in [1.165, 1.54) is 18.2 Å². The molecule has 0 aliphatic rings. The second-order valence-electron chi connectivity index (χ2n) is 2.25. The first-order valence-corrected chi connectivity index (χ1v) is 5.06. The van der Waals surface area contributed by atoms with Crippen molar-refractivity contribution in [3.8, 4) is 0 Å². The first-order chi connectivity index (χ1) is 6.50. The van der Waals surface area contributed by atoms with Crippen LogP contribution in [0.5, 0.6) is 0 Å². The molecule has 1 aromatic rings. The van der Waals surface area contributed by atoms with E-state index in [1.54, 1.807) is 0 Å². The van der Waals surface area contributed by atoms with Gasteiger partial charge in [-0.3, -0.25) is 10.1 Å². The highest BCUT2D eigenvalue weighted by Gasteiger charge is 2.18. The van der Waals surface area contributed by atoms with Crippen molar-refractivity contribution >= 4 is 33.4 Å². The lowest BCUT2D eigenvalue weighted by Gasteiger charge is -2.01. The van der Waals surface area contributed by atoms with Crippen LogP contribution in [0.15, 0.2) is 27.6 Å². The Morgan fingerprint density at radius 1 is 1.50 bits per heavy atom. The highest BCUT2D eigenvalue weighted by molar-refractivity contribution is 9.10. The third kappa shape index (κ3) is 2.91. The lowest BCUT2D eigenvalue weighted by atomic mass is 10.3. The lowest BCUT2D eigenvalue weighted by molar-refractivity contribution is -0.387. The second kappa shape index (κ2) is 4.70. The van der Waals surface area contributed by atoms with Gasteiger partial charge in [0, 0.05) is 10.5 Å². The molecule has 1 aromatic carbocycles. The lowest BCUT2D eigenvalue weighted by Crippen LogP contribution is -1.92. The van der Waals surface area contributed by atoms with Crippen LogP contribution in [0.2, 0.25) is 0 Å². The van der Waals surface area contributed by atoms with Gasteiger partial charge in [0.15, 0.2) is 0 Å². The van der Waals surface area contributed by atoms with E-state index in [9.17, 15) is 18.9 Å². The summed E-state index contributed by atoms with van der Waals surface area (Å²) in [5.74, 6) is -2.66. The van der Waals surface area contributed by atoms with Crippen molar-refractivity contribution < 1.29 is 13.7 Å². The van der Waals surface area contributed by atoms with Gasteiger partial charge in [0.1, 0.15) is 0 Å². The fourth-order valence-corrected chi connectivity index (χ4v) is 1.77. The van der Waals surface area contributed by atoms with E-state index in [2.05, 4.69) is 15.9 Å². The number of nitrogens with zero attached hydrogens (tertiary/aromatic N) is 1. The number of alkyl halides is 2. The SMILES string of the molecule is O=[N+]([O-])c1cc(Br)ccc1SC(F)F. The smallest absolute Gasteiger partial charge is 0.258 e. The molecule has 1 rings (SSSR count). The Morgan fingerprint density at radius 2 is 2.14 bits per heavy atom. The van der Waals surface area contributed by atoms with E-state index in [-0.39, 0.29) is 22.3 Å². The molecule has 0 bridgehead atoms. The zero-order valence-corrected chi connectivity index (χ0v) is 9.02. The molecule has 0 saturated heterocycles. The summed E-state index contributed by atoms with van der Waals surface area (Å²) in [6.07, 6.45) is 0. The number of nitro benzene ring substituents is 1. The Kier molecular flexibility index (Phi) is 3.82. The van der Waals surface area contributed by atoms with E-state index in [0.29, 0.717) is 4.47 Å². The molecule has 0 amide bonds. The van der Waals surface area contributed by atoms with Crippen LogP contribution in [-0.2, 0) is 0 Å². The van der Waals surface area contributed by atoms with E-state index in [0.717, 1.165) is 0 Å². The van der Waals surface area contributed by atoms with Gasteiger partial charge in [0.05, 0.1) is 9.82 Å². The van der Waals surface area contributed by atoms with Crippen LogP contribution in [0.4, 0.5) is 14.5 Å². The number of hydrogen-bond donors (Lipinski definition) is 0. The Bertz CT molecular complexity index is 362. The summed E-state index contributed by atoms with van der Waals surface area (Å²) in [7, 11) is 0. The maximum absolute atomic E-state index is 12.0. The van der Waals surface area contributed by atoms with Crippen molar-refractivity contribution in [3.63, 3.8) is 0 Å². The predicted octanol–water partition coefficient (Wildman–Crippen LogP) is 3.67. The molecular weight excluding hydrogens is 280 g/mol. The summed E-state index contributed by atoms with van der Waals surface area (Å²) in [5, 5.41) is 10.5. The van der Waals surface area contributed by atoms with Crippen LogP contribution in [0, 0.1) is 10.1 Å². The Balaban J connectivity index is 3.08. The van der Waals surface area contributed by atoms with Crippen molar-refractivity contribution in [2.45, 2.75) is 10.7 Å². The number of hydrogen-bond acceptors (Lipinski definition) is 3. The van der Waals surface area contributed by atoms with Gasteiger partial charge in [-0.1, -0.05) is 15.9 Å². The van der Waals surface area contributed by atoms with Crippen LogP contribution in [0.1, 0.15) is 0 Å². The fraction of sp³-hybridized carbons (Fsp3) is 0.143. The fourth-order valence-electron chi connectivity index (χ4n) is 0.829. The third-order valence-corrected chi connectivity index (χ3v) is 2.60. The van der Waals surface area contributed by atoms with Crippen molar-refractivity contribution in [1.82, 2.24) is 0 Å². The molecule has 0 aliphatic carbocycles. The number of thioether (sulfide) groups is 1. The molecule has 7 heteroatoms. The number of halogens is 3. The normalized spacial score (nSPS) is 10.6. The summed E-state index contributed by atoms with van der Waals surface area (Å²) < 4.78 is 24.5. The van der Waals surface area contributed by atoms with Gasteiger partial charge in [0.25, 0.3) is 11.4 Å². The topological polar surface area (TPSA) is 43.1 Å². The molecule has 14 heavy (non-hydrogen) atoms. The molecule has 0 saturated carbocycles. The molecule has 0 N–H and O–H groups in total. The quantitative estimate of drug-likeness (QED) is 0.483. The summed E-state index contributed by atoms with van der Waals surface area (Å²) in [6.45, 7) is 0. The monoisotopic (exact) mass is 283 g/mol. The van der Waals surface area contributed by atoms with Gasteiger partial charge in [-0.2, -0.15) is 8.78 Å². The van der Waals surface area contributed by atoms with Gasteiger partial charge in [-0.05, 0) is 23.9 Å². The van der Waals surface area contributed by atoms with Gasteiger partial charge >= 0.3 is 0 Å². The molecule has 0 aliphatic heterocycles. The van der Waals surface area contributed by atoms with Gasteiger partial charge < -0.3 is 0 Å². The van der Waals surface area contributed by atoms with Crippen LogP contribution < -0.4 is 0 Å². The van der Waals surface area contributed by atoms with Gasteiger partial charge in [-0.15, -0.1) is 0 Å². The minimum Gasteiger partial charge on any atom is -0.258 e. The standard InChI is InChI=1S/C7H4BrF2NO2S/c8-4-1-2-6(14-7(9)10)5(3-4)11(12)13/h1-3,7H. The Morgan fingerprint density at radius 3 is 2.64 bits per heavy atom. The summed E-state index contributed by atoms with van der Waals surface area (Å²) >= 11 is 3.20. The van der Waals surface area contributed by atoms with Crippen molar-refractivity contribution in [2.24, 2.45) is 0 Å². The molecule has 0 unspecified atom stereocenters. The number of rotatable bonds is 3. The highest BCUT2D eigenvalue weighted by Crippen LogP contribution is 2.34. The van der Waals surface area contributed by atoms with Crippen LogP contribution >= 0.6 is 27.7 Å². The van der Waals surface area contributed by atoms with E-state index in [1.807, 2.05) is 0 Å². The average Bonchev–Trinajstić information content (AvgIpc) is 2.07. The Labute approximate surface area is 90.8 Å². The third-order valence-electron chi connectivity index (χ3n) is 1.33. The van der Waals surface area contributed by atoms with Crippen LogP contribution in [-0.4, -0.2) is 10.7 Å². The van der Waals surface area contributed by atoms with Gasteiger partial charge in [-0.25, -0.2) is 0 Å². The molecule has 0 heterocycles. The molecule has 0 fully saturated rings. The van der Waals surface area contributed by atoms with Crippen molar-refractivity contribution in [1.29, 1.82) is 0 Å². The minimum atomic E-state index is -2.66. The summed E-state index contributed by atoms with van der Waals surface area (Å²) in [6, 6.07) is 3.97. The predicted molar refractivity (Wildman–Crippen MR) is 52.7 cm³/mol. The highest BCUT2D eigenvalue weighted by atomic mass is 79.9. The average molecular weight is 284 g/mol. The molecule has 0 spiro atoms. The minimum absolute atomic E-state index is 0.0341. The first kappa shape index (κ1) is 11.4. The maximum Gasteiger partial charge on any atom is 0.289 e. The second-order valence-corrected chi connectivity index (χ2v) is 4.20. The van der Waals surface area contributed by atoms with Crippen LogP contribution in [0.3, 0.4) is 0 Å². The van der Waals surface area contributed by atoms with E-state index < -0.39 is 10.7 Å². The first-order valence-electron chi connectivity index (χ1n) is 3.39. The van der Waals surface area contributed by atoms with Gasteiger partial charge in [0.2, 0.25) is 0 Å². The van der Waals surface area contributed by atoms with Crippen LogP contribution in [0.25, 0.3) is 0 Å². The van der Waals surface area contributed by atoms with E-state index >= 15 is 0 Å². The zero-order valence-electron chi connectivity index (χ0n) is 6.62. The van der Waals surface area contributed by atoms with Crippen molar-refractivity contribution in [2.75, 3.05) is 0 Å². The molecule has 0 radical (unpaired) electrons. The molecule has 3 nitrogen and oxygen atoms in total. The van der Waals surface area contributed by atoms with Crippen molar-refractivity contribution in [3.05, 3.63) is 32.8 Å². The molecule has 76 valence electrons. The zero-order chi connectivity index (χ0) is 10.7. The van der Waals surface area contributed by atoms with E-state index in [4.69, 9.17) is 0 Å². The molecule has 0 aromatic heterocycles. The molecule has 0 atom stereocenters. The number of nitro groups is 1. The number of benzene rings is 1. The summed E-state index contributed by atoms with van der Waals surface area (Å²) in [5.41, 5.74) is -0.315. The molecular formula is C7H4BrF2NO2S. The maximum atomic E-state index is 12.0.